The Kier molecular flexibility index (Phi) is 4.14. The number of carboxylic acids is 1. The van der Waals surface area contributed by atoms with Crippen molar-refractivity contribution in [3.05, 3.63) is 24.3 Å². The van der Waals surface area contributed by atoms with E-state index in [1.165, 1.54) is 13.8 Å². The van der Waals surface area contributed by atoms with Crippen LogP contribution in [0.15, 0.2) is 24.3 Å². The molecule has 1 aromatic rings. The zero-order chi connectivity index (χ0) is 13.8. The standard InChI is InChI=1S/C12H16N2O4/c1-12(2,10(15)16)14-11(17)13-8-4-6-9(18-3)7-5-8/h4-7H,1-3H3,(H,15,16)(H2,13,14,17). The highest BCUT2D eigenvalue weighted by Crippen LogP contribution is 2.15. The maximum absolute atomic E-state index is 11.6. The number of aliphatic carboxylic acids is 1. The Morgan fingerprint density at radius 3 is 2.22 bits per heavy atom. The molecule has 0 unspecified atom stereocenters. The number of benzene rings is 1. The van der Waals surface area contributed by atoms with Gasteiger partial charge in [0.2, 0.25) is 0 Å². The number of nitrogens with one attached hydrogen (secondary N) is 2. The maximum atomic E-state index is 11.6. The second kappa shape index (κ2) is 5.39. The Balaban J connectivity index is 2.62. The van der Waals surface area contributed by atoms with Gasteiger partial charge in [0.15, 0.2) is 0 Å². The summed E-state index contributed by atoms with van der Waals surface area (Å²) in [6.07, 6.45) is 0. The molecule has 2 amide bonds. The van der Waals surface area contributed by atoms with Gasteiger partial charge in [0.1, 0.15) is 11.3 Å². The van der Waals surface area contributed by atoms with E-state index in [1.54, 1.807) is 31.4 Å². The van der Waals surface area contributed by atoms with Crippen LogP contribution >= 0.6 is 0 Å². The van der Waals surface area contributed by atoms with E-state index in [-0.39, 0.29) is 0 Å². The van der Waals surface area contributed by atoms with Gasteiger partial charge in [-0.3, -0.25) is 0 Å². The highest BCUT2D eigenvalue weighted by Gasteiger charge is 2.28. The minimum atomic E-state index is -1.32. The summed E-state index contributed by atoms with van der Waals surface area (Å²) in [5.41, 5.74) is -0.772. The first-order chi connectivity index (χ1) is 8.35. The summed E-state index contributed by atoms with van der Waals surface area (Å²) in [7, 11) is 1.55. The van der Waals surface area contributed by atoms with E-state index in [0.717, 1.165) is 0 Å². The zero-order valence-corrected chi connectivity index (χ0v) is 10.5. The van der Waals surface area contributed by atoms with Crippen LogP contribution in [0.4, 0.5) is 10.5 Å². The van der Waals surface area contributed by atoms with Gasteiger partial charge < -0.3 is 20.5 Å². The smallest absolute Gasteiger partial charge is 0.328 e. The van der Waals surface area contributed by atoms with Crippen LogP contribution in [0.1, 0.15) is 13.8 Å². The molecule has 0 bridgehead atoms. The van der Waals surface area contributed by atoms with Crippen LogP contribution in [0.25, 0.3) is 0 Å². The molecule has 0 fully saturated rings. The summed E-state index contributed by atoms with van der Waals surface area (Å²) in [6.45, 7) is 2.81. The van der Waals surface area contributed by atoms with Crippen molar-refractivity contribution >= 4 is 17.7 Å². The minimum Gasteiger partial charge on any atom is -0.497 e. The van der Waals surface area contributed by atoms with E-state index in [0.29, 0.717) is 11.4 Å². The molecule has 0 saturated heterocycles. The van der Waals surface area contributed by atoms with Gasteiger partial charge in [-0.25, -0.2) is 9.59 Å². The molecule has 0 aliphatic rings. The molecule has 0 aliphatic heterocycles. The lowest BCUT2D eigenvalue weighted by molar-refractivity contribution is -0.142. The second-order valence-corrected chi connectivity index (χ2v) is 4.24. The first kappa shape index (κ1) is 13.8. The molecule has 0 saturated carbocycles. The molecule has 0 spiro atoms. The molecule has 3 N–H and O–H groups in total. The van der Waals surface area contributed by atoms with Gasteiger partial charge in [0, 0.05) is 5.69 Å². The monoisotopic (exact) mass is 252 g/mol. The Hall–Kier alpha value is -2.24. The highest BCUT2D eigenvalue weighted by atomic mass is 16.5. The fourth-order valence-corrected chi connectivity index (χ4v) is 1.17. The Bertz CT molecular complexity index is 440. The van der Waals surface area contributed by atoms with Crippen molar-refractivity contribution in [2.45, 2.75) is 19.4 Å². The quantitative estimate of drug-likeness (QED) is 0.760. The number of carbonyl (C=O) groups excluding carboxylic acids is 1. The second-order valence-electron chi connectivity index (χ2n) is 4.24. The Morgan fingerprint density at radius 1 is 1.22 bits per heavy atom. The van der Waals surface area contributed by atoms with Crippen molar-refractivity contribution in [1.82, 2.24) is 5.32 Å². The summed E-state index contributed by atoms with van der Waals surface area (Å²) in [5, 5.41) is 13.8. The fraction of sp³-hybridized carbons (Fsp3) is 0.333. The molecule has 18 heavy (non-hydrogen) atoms. The van der Waals surface area contributed by atoms with Crippen LogP contribution in [0, 0.1) is 0 Å². The number of carboxylic acid groups (broad SMARTS) is 1. The number of urea groups is 1. The zero-order valence-electron chi connectivity index (χ0n) is 10.5. The molecule has 0 radical (unpaired) electrons. The van der Waals surface area contributed by atoms with E-state index in [4.69, 9.17) is 9.84 Å². The summed E-state index contributed by atoms with van der Waals surface area (Å²) < 4.78 is 4.98. The lowest BCUT2D eigenvalue weighted by Gasteiger charge is -2.21. The predicted molar refractivity (Wildman–Crippen MR) is 66.9 cm³/mol. The number of hydrogen-bond donors (Lipinski definition) is 3. The van der Waals surface area contributed by atoms with Gasteiger partial charge in [-0.05, 0) is 38.1 Å². The molecular formula is C12H16N2O4. The van der Waals surface area contributed by atoms with E-state index < -0.39 is 17.5 Å². The first-order valence-electron chi connectivity index (χ1n) is 5.32. The minimum absolute atomic E-state index is 0.550. The van der Waals surface area contributed by atoms with Crippen LogP contribution in [0.2, 0.25) is 0 Å². The number of rotatable bonds is 4. The van der Waals surface area contributed by atoms with Crippen molar-refractivity contribution in [3.63, 3.8) is 0 Å². The molecular weight excluding hydrogens is 236 g/mol. The lowest BCUT2D eigenvalue weighted by Crippen LogP contribution is -2.51. The van der Waals surface area contributed by atoms with E-state index in [1.807, 2.05) is 0 Å². The SMILES string of the molecule is COc1ccc(NC(=O)NC(C)(C)C(=O)O)cc1. The summed E-state index contributed by atoms with van der Waals surface area (Å²) in [5.74, 6) is -0.431. The van der Waals surface area contributed by atoms with E-state index in [2.05, 4.69) is 10.6 Å². The molecule has 0 atom stereocenters. The van der Waals surface area contributed by atoms with Gasteiger partial charge >= 0.3 is 12.0 Å². The molecule has 0 aliphatic carbocycles. The van der Waals surface area contributed by atoms with Crippen LogP contribution in [-0.2, 0) is 4.79 Å². The molecule has 98 valence electrons. The third-order valence-electron chi connectivity index (χ3n) is 2.31. The average Bonchev–Trinajstić information content (AvgIpc) is 2.29. The van der Waals surface area contributed by atoms with Crippen molar-refractivity contribution < 1.29 is 19.4 Å². The maximum Gasteiger partial charge on any atom is 0.328 e. The third kappa shape index (κ3) is 3.65. The number of anilines is 1. The van der Waals surface area contributed by atoms with Crippen LogP contribution in [-0.4, -0.2) is 29.8 Å². The number of hydrogen-bond acceptors (Lipinski definition) is 3. The van der Waals surface area contributed by atoms with Gasteiger partial charge in [-0.2, -0.15) is 0 Å². The van der Waals surface area contributed by atoms with Crippen molar-refractivity contribution in [2.24, 2.45) is 0 Å². The van der Waals surface area contributed by atoms with Gasteiger partial charge in [0.05, 0.1) is 7.11 Å². The van der Waals surface area contributed by atoms with E-state index in [9.17, 15) is 9.59 Å². The molecule has 0 aromatic heterocycles. The lowest BCUT2D eigenvalue weighted by atomic mass is 10.1. The van der Waals surface area contributed by atoms with Gasteiger partial charge in [0.25, 0.3) is 0 Å². The summed E-state index contributed by atoms with van der Waals surface area (Å²) >= 11 is 0. The van der Waals surface area contributed by atoms with Crippen molar-refractivity contribution in [2.75, 3.05) is 12.4 Å². The van der Waals surface area contributed by atoms with Gasteiger partial charge in [-0.15, -0.1) is 0 Å². The summed E-state index contributed by atoms with van der Waals surface area (Å²) in [6, 6.07) is 6.13. The molecule has 1 rings (SSSR count). The molecule has 0 heterocycles. The van der Waals surface area contributed by atoms with Crippen molar-refractivity contribution in [1.29, 1.82) is 0 Å². The van der Waals surface area contributed by atoms with Gasteiger partial charge in [-0.1, -0.05) is 0 Å². The number of ether oxygens (including phenoxy) is 1. The Morgan fingerprint density at radius 2 is 1.78 bits per heavy atom. The van der Waals surface area contributed by atoms with E-state index >= 15 is 0 Å². The number of amides is 2. The summed E-state index contributed by atoms with van der Waals surface area (Å²) in [4.78, 5) is 22.4. The largest absolute Gasteiger partial charge is 0.497 e. The fourth-order valence-electron chi connectivity index (χ4n) is 1.17. The molecule has 6 nitrogen and oxygen atoms in total. The predicted octanol–water partition coefficient (Wildman–Crippen LogP) is 1.68. The normalized spacial score (nSPS) is 10.6. The molecule has 1 aromatic carbocycles. The molecule has 6 heteroatoms. The van der Waals surface area contributed by atoms with Crippen LogP contribution in [0.5, 0.6) is 5.75 Å². The van der Waals surface area contributed by atoms with Crippen LogP contribution < -0.4 is 15.4 Å². The third-order valence-corrected chi connectivity index (χ3v) is 2.31. The van der Waals surface area contributed by atoms with Crippen LogP contribution in [0.3, 0.4) is 0 Å². The first-order valence-corrected chi connectivity index (χ1v) is 5.32. The van der Waals surface area contributed by atoms with Crippen molar-refractivity contribution in [3.8, 4) is 5.75 Å². The average molecular weight is 252 g/mol. The highest BCUT2D eigenvalue weighted by molar-refractivity contribution is 5.93. The topological polar surface area (TPSA) is 87.7 Å². The number of methoxy groups -OCH3 is 1. The Labute approximate surface area is 105 Å². The number of carbonyl (C=O) groups is 2.